The molecule has 0 radical (unpaired) electrons. The van der Waals surface area contributed by atoms with E-state index < -0.39 is 39.2 Å². The molecule has 0 atom stereocenters. The van der Waals surface area contributed by atoms with E-state index in [1.54, 1.807) is 0 Å². The molecule has 0 unspecified atom stereocenters. The van der Waals surface area contributed by atoms with Crippen LogP contribution in [0, 0.1) is 5.82 Å². The number of alkyl halides is 3. The zero-order chi connectivity index (χ0) is 21.0. The molecule has 152 valence electrons. The second-order valence-corrected chi connectivity index (χ2v) is 8.81. The normalized spacial score (nSPS) is 19.6. The van der Waals surface area contributed by atoms with Crippen LogP contribution < -0.4 is 4.90 Å². The Kier molecular flexibility index (Phi) is 4.26. The number of rotatable bonds is 3. The Morgan fingerprint density at radius 2 is 1.72 bits per heavy atom. The van der Waals surface area contributed by atoms with Crippen LogP contribution in [0.1, 0.15) is 17.5 Å². The van der Waals surface area contributed by atoms with Crippen LogP contribution in [0.4, 0.5) is 23.2 Å². The highest BCUT2D eigenvalue weighted by atomic mass is 32.2. The number of benzene rings is 2. The van der Waals surface area contributed by atoms with Crippen molar-refractivity contribution in [3.05, 3.63) is 59.4 Å². The van der Waals surface area contributed by atoms with Gasteiger partial charge in [-0.2, -0.15) is 13.2 Å². The molecule has 0 bridgehead atoms. The Balaban J connectivity index is 1.66. The lowest BCUT2D eigenvalue weighted by Gasteiger charge is -2.23. The largest absolute Gasteiger partial charge is 0.442 e. The summed E-state index contributed by atoms with van der Waals surface area (Å²) in [5.74, 6) is -1.68. The van der Waals surface area contributed by atoms with Gasteiger partial charge in [-0.05, 0) is 23.8 Å². The molecular formula is C18H13F4N3O3S. The number of carbonyl (C=O) groups is 1. The number of hydrogen-bond donors (Lipinski definition) is 0. The predicted molar refractivity (Wildman–Crippen MR) is 93.3 cm³/mol. The average Bonchev–Trinajstić information content (AvgIpc) is 3.47. The first-order valence-electron chi connectivity index (χ1n) is 8.46. The topological polar surface area (TPSA) is 79.2 Å². The van der Waals surface area contributed by atoms with Gasteiger partial charge in [0.1, 0.15) is 5.82 Å². The Labute approximate surface area is 162 Å². The molecule has 11 heteroatoms. The number of hydrogen-bond acceptors (Lipinski definition) is 5. The van der Waals surface area contributed by atoms with Crippen molar-refractivity contribution in [2.24, 2.45) is 10.2 Å². The summed E-state index contributed by atoms with van der Waals surface area (Å²) >= 11 is 0. The fourth-order valence-corrected chi connectivity index (χ4v) is 4.65. The number of anilines is 1. The zero-order valence-electron chi connectivity index (χ0n) is 14.6. The standard InChI is InChI=1S/C18H13F4N3O3S/c19-13-5-6-14-15(9-13)29(27,28)8-7-16(26)25(14)10-11-1-3-12(4-2-11)17(23-24-17)18(20,21)22/h1-6,9H,7-8,10H2. The number of halogens is 4. The molecule has 0 N–H and O–H groups in total. The first kappa shape index (κ1) is 19.5. The Bertz CT molecular complexity index is 1120. The summed E-state index contributed by atoms with van der Waals surface area (Å²) in [7, 11) is -3.85. The van der Waals surface area contributed by atoms with Crippen molar-refractivity contribution < 1.29 is 30.8 Å². The molecule has 0 saturated heterocycles. The highest BCUT2D eigenvalue weighted by molar-refractivity contribution is 7.91. The molecule has 1 amide bonds. The van der Waals surface area contributed by atoms with Gasteiger partial charge >= 0.3 is 11.8 Å². The Hall–Kier alpha value is -2.82. The van der Waals surface area contributed by atoms with Gasteiger partial charge in [0, 0.05) is 12.0 Å². The van der Waals surface area contributed by atoms with E-state index in [0.717, 1.165) is 12.1 Å². The lowest BCUT2D eigenvalue weighted by Crippen LogP contribution is -2.31. The van der Waals surface area contributed by atoms with Crippen molar-refractivity contribution in [1.82, 2.24) is 0 Å². The van der Waals surface area contributed by atoms with Crippen LogP contribution in [0.3, 0.4) is 0 Å². The van der Waals surface area contributed by atoms with Gasteiger partial charge in [-0.25, -0.2) is 12.8 Å². The van der Waals surface area contributed by atoms with E-state index in [1.807, 2.05) is 0 Å². The summed E-state index contributed by atoms with van der Waals surface area (Å²) < 4.78 is 77.6. The minimum absolute atomic E-state index is 0.0388. The third-order valence-electron chi connectivity index (χ3n) is 4.83. The third kappa shape index (κ3) is 3.28. The van der Waals surface area contributed by atoms with Crippen LogP contribution in [-0.2, 0) is 26.8 Å². The summed E-state index contributed by atoms with van der Waals surface area (Å²) in [6.07, 6.45) is -4.93. The first-order chi connectivity index (χ1) is 13.5. The minimum Gasteiger partial charge on any atom is -0.307 e. The molecule has 2 aliphatic heterocycles. The molecule has 0 spiro atoms. The summed E-state index contributed by atoms with van der Waals surface area (Å²) in [5, 5.41) is 6.26. The Morgan fingerprint density at radius 3 is 2.31 bits per heavy atom. The van der Waals surface area contributed by atoms with Crippen molar-refractivity contribution in [3.8, 4) is 0 Å². The maximum atomic E-state index is 13.6. The number of sulfone groups is 1. The fourth-order valence-electron chi connectivity index (χ4n) is 3.20. The van der Waals surface area contributed by atoms with Crippen LogP contribution in [0.15, 0.2) is 57.6 Å². The van der Waals surface area contributed by atoms with Gasteiger partial charge in [-0.15, -0.1) is 10.2 Å². The second-order valence-electron chi connectivity index (χ2n) is 6.73. The van der Waals surface area contributed by atoms with Crippen molar-refractivity contribution >= 4 is 21.4 Å². The van der Waals surface area contributed by atoms with Crippen molar-refractivity contribution in [1.29, 1.82) is 0 Å². The molecule has 4 rings (SSSR count). The molecule has 2 heterocycles. The van der Waals surface area contributed by atoms with E-state index in [4.69, 9.17) is 0 Å². The van der Waals surface area contributed by atoms with Gasteiger partial charge in [0.05, 0.1) is 22.9 Å². The zero-order valence-corrected chi connectivity index (χ0v) is 15.5. The summed E-state index contributed by atoms with van der Waals surface area (Å²) in [6, 6.07) is 8.33. The van der Waals surface area contributed by atoms with E-state index in [1.165, 1.54) is 35.2 Å². The van der Waals surface area contributed by atoms with Crippen LogP contribution in [0.5, 0.6) is 0 Å². The van der Waals surface area contributed by atoms with Gasteiger partial charge in [0.25, 0.3) is 0 Å². The molecule has 0 aromatic heterocycles. The average molecular weight is 427 g/mol. The fraction of sp³-hybridized carbons (Fsp3) is 0.278. The van der Waals surface area contributed by atoms with E-state index in [0.29, 0.717) is 5.56 Å². The third-order valence-corrected chi connectivity index (χ3v) is 6.56. The smallest absolute Gasteiger partial charge is 0.307 e. The molecule has 29 heavy (non-hydrogen) atoms. The van der Waals surface area contributed by atoms with Gasteiger partial charge in [0.2, 0.25) is 5.91 Å². The maximum Gasteiger partial charge on any atom is 0.442 e. The van der Waals surface area contributed by atoms with E-state index >= 15 is 0 Å². The van der Waals surface area contributed by atoms with Gasteiger partial charge in [-0.1, -0.05) is 24.3 Å². The van der Waals surface area contributed by atoms with Gasteiger partial charge in [-0.3, -0.25) is 4.79 Å². The number of carbonyl (C=O) groups excluding carboxylic acids is 1. The second kappa shape index (κ2) is 6.34. The van der Waals surface area contributed by atoms with Crippen LogP contribution >= 0.6 is 0 Å². The van der Waals surface area contributed by atoms with Crippen LogP contribution in [-0.4, -0.2) is 26.3 Å². The van der Waals surface area contributed by atoms with E-state index in [9.17, 15) is 30.8 Å². The Morgan fingerprint density at radius 1 is 1.07 bits per heavy atom. The SMILES string of the molecule is O=C1CCS(=O)(=O)c2cc(F)ccc2N1Cc1ccc(C2(C(F)(F)F)N=N2)cc1. The van der Waals surface area contributed by atoms with E-state index in [-0.39, 0.29) is 29.1 Å². The summed E-state index contributed by atoms with van der Waals surface area (Å²) in [5.41, 5.74) is -2.19. The first-order valence-corrected chi connectivity index (χ1v) is 10.1. The molecule has 0 fully saturated rings. The molecule has 2 aromatic carbocycles. The van der Waals surface area contributed by atoms with Crippen molar-refractivity contribution in [2.45, 2.75) is 29.7 Å². The lowest BCUT2D eigenvalue weighted by atomic mass is 10.0. The predicted octanol–water partition coefficient (Wildman–Crippen LogP) is 3.72. The lowest BCUT2D eigenvalue weighted by molar-refractivity contribution is -0.166. The van der Waals surface area contributed by atoms with Crippen molar-refractivity contribution in [3.63, 3.8) is 0 Å². The van der Waals surface area contributed by atoms with E-state index in [2.05, 4.69) is 10.2 Å². The number of fused-ring (bicyclic) bond motifs is 1. The highest BCUT2D eigenvalue weighted by Gasteiger charge is 2.65. The molecule has 2 aliphatic rings. The van der Waals surface area contributed by atoms with Crippen LogP contribution in [0.2, 0.25) is 0 Å². The molecular weight excluding hydrogens is 414 g/mol. The molecule has 0 aliphatic carbocycles. The molecule has 2 aromatic rings. The van der Waals surface area contributed by atoms with Gasteiger partial charge in [0.15, 0.2) is 9.84 Å². The number of amides is 1. The summed E-state index contributed by atoms with van der Waals surface area (Å²) in [6.45, 7) is -0.0828. The van der Waals surface area contributed by atoms with Crippen molar-refractivity contribution in [2.75, 3.05) is 10.7 Å². The quantitative estimate of drug-likeness (QED) is 0.701. The maximum absolute atomic E-state index is 13.6. The van der Waals surface area contributed by atoms with Gasteiger partial charge < -0.3 is 4.90 Å². The number of nitrogens with zero attached hydrogens (tertiary/aromatic N) is 3. The summed E-state index contributed by atoms with van der Waals surface area (Å²) in [4.78, 5) is 13.4. The molecule has 0 saturated carbocycles. The molecule has 6 nitrogen and oxygen atoms in total. The van der Waals surface area contributed by atoms with Crippen LogP contribution in [0.25, 0.3) is 0 Å². The highest BCUT2D eigenvalue weighted by Crippen LogP contribution is 2.52. The monoisotopic (exact) mass is 427 g/mol. The minimum atomic E-state index is -4.65.